The van der Waals surface area contributed by atoms with Crippen molar-refractivity contribution in [2.45, 2.75) is 38.8 Å². The molecular formula is C10H17N3O2S. The molecule has 0 fully saturated rings. The third kappa shape index (κ3) is 3.84. The minimum absolute atomic E-state index is 0.643. The van der Waals surface area contributed by atoms with Crippen LogP contribution in [0.3, 0.4) is 0 Å². The summed E-state index contributed by atoms with van der Waals surface area (Å²) in [6, 6.07) is 0. The summed E-state index contributed by atoms with van der Waals surface area (Å²) in [4.78, 5) is 15.0. The van der Waals surface area contributed by atoms with E-state index in [9.17, 15) is 4.79 Å². The molecule has 90 valence electrons. The maximum atomic E-state index is 10.9. The first-order valence-corrected chi connectivity index (χ1v) is 6.15. The highest BCUT2D eigenvalue weighted by Crippen LogP contribution is 2.24. The van der Waals surface area contributed by atoms with Gasteiger partial charge in [-0.1, -0.05) is 11.8 Å². The Bertz CT molecular complexity index is 363. The van der Waals surface area contributed by atoms with Gasteiger partial charge in [-0.3, -0.25) is 9.89 Å². The van der Waals surface area contributed by atoms with E-state index in [4.69, 9.17) is 5.11 Å². The summed E-state index contributed by atoms with van der Waals surface area (Å²) in [5, 5.41) is 16.4. The quantitative estimate of drug-likeness (QED) is 0.591. The number of H-pyrrole nitrogens is 1. The van der Waals surface area contributed by atoms with Crippen molar-refractivity contribution in [2.75, 3.05) is 5.75 Å². The van der Waals surface area contributed by atoms with E-state index in [0.717, 1.165) is 23.2 Å². The van der Waals surface area contributed by atoms with Crippen LogP contribution in [0.2, 0.25) is 0 Å². The molecule has 0 atom stereocenters. The predicted octanol–water partition coefficient (Wildman–Crippen LogP) is 2.10. The van der Waals surface area contributed by atoms with Gasteiger partial charge in [-0.25, -0.2) is 4.98 Å². The largest absolute Gasteiger partial charge is 0.481 e. The van der Waals surface area contributed by atoms with Crippen molar-refractivity contribution in [1.29, 1.82) is 0 Å². The molecule has 0 aliphatic rings. The minimum Gasteiger partial charge on any atom is -0.481 e. The summed E-state index contributed by atoms with van der Waals surface area (Å²) >= 11 is 1.55. The zero-order valence-electron chi connectivity index (χ0n) is 9.78. The molecule has 0 spiro atoms. The average molecular weight is 243 g/mol. The number of rotatable bonds is 6. The fourth-order valence-electron chi connectivity index (χ4n) is 1.17. The molecule has 1 aromatic heterocycles. The van der Waals surface area contributed by atoms with E-state index in [0.29, 0.717) is 6.42 Å². The standard InChI is InChI=1S/C10H17N3O2S/c1-7-11-9(13-12-7)16-6-4-5-10(2,3)8(14)15/h4-6H2,1-3H3,(H,14,15)(H,11,12,13). The number of hydrogen-bond donors (Lipinski definition) is 2. The number of aromatic amines is 1. The summed E-state index contributed by atoms with van der Waals surface area (Å²) in [6.45, 7) is 5.35. The lowest BCUT2D eigenvalue weighted by Gasteiger charge is -2.17. The molecule has 0 unspecified atom stereocenters. The van der Waals surface area contributed by atoms with Crippen molar-refractivity contribution in [1.82, 2.24) is 15.2 Å². The van der Waals surface area contributed by atoms with Crippen LogP contribution in [-0.4, -0.2) is 32.0 Å². The smallest absolute Gasteiger partial charge is 0.309 e. The molecule has 2 N–H and O–H groups in total. The fraction of sp³-hybridized carbons (Fsp3) is 0.700. The third-order valence-electron chi connectivity index (χ3n) is 2.33. The second-order valence-corrected chi connectivity index (χ2v) is 5.41. The normalized spacial score (nSPS) is 11.7. The molecule has 1 rings (SSSR count). The molecular weight excluding hydrogens is 226 g/mol. The maximum absolute atomic E-state index is 10.9. The van der Waals surface area contributed by atoms with Gasteiger partial charge in [0.05, 0.1) is 5.41 Å². The first-order chi connectivity index (χ1) is 7.42. The van der Waals surface area contributed by atoms with Crippen molar-refractivity contribution >= 4 is 17.7 Å². The highest BCUT2D eigenvalue weighted by atomic mass is 32.2. The Kier molecular flexibility index (Phi) is 4.35. The molecule has 0 bridgehead atoms. The number of aromatic nitrogens is 3. The molecule has 0 aliphatic heterocycles. The number of thioether (sulfide) groups is 1. The highest BCUT2D eigenvalue weighted by molar-refractivity contribution is 7.99. The minimum atomic E-state index is -0.744. The van der Waals surface area contributed by atoms with Crippen LogP contribution in [0.25, 0.3) is 0 Å². The molecule has 0 aliphatic carbocycles. The van der Waals surface area contributed by atoms with Crippen LogP contribution < -0.4 is 0 Å². The summed E-state index contributed by atoms with van der Waals surface area (Å²) in [7, 11) is 0. The highest BCUT2D eigenvalue weighted by Gasteiger charge is 2.26. The van der Waals surface area contributed by atoms with Gasteiger partial charge in [0.1, 0.15) is 5.82 Å². The van der Waals surface area contributed by atoms with Gasteiger partial charge in [0.15, 0.2) is 0 Å². The second kappa shape index (κ2) is 5.34. The number of carboxylic acids is 1. The predicted molar refractivity (Wildman–Crippen MR) is 62.5 cm³/mol. The number of nitrogens with one attached hydrogen (secondary N) is 1. The molecule has 0 aromatic carbocycles. The Morgan fingerprint density at radius 1 is 1.56 bits per heavy atom. The van der Waals surface area contributed by atoms with Crippen LogP contribution in [0, 0.1) is 12.3 Å². The van der Waals surface area contributed by atoms with Gasteiger partial charge < -0.3 is 5.11 Å². The summed E-state index contributed by atoms with van der Waals surface area (Å²) in [6.07, 6.45) is 1.51. The van der Waals surface area contributed by atoms with Gasteiger partial charge in [0, 0.05) is 5.75 Å². The lowest BCUT2D eigenvalue weighted by molar-refractivity contribution is -0.147. The third-order valence-corrected chi connectivity index (χ3v) is 3.27. The topological polar surface area (TPSA) is 78.9 Å². The van der Waals surface area contributed by atoms with Gasteiger partial charge in [-0.2, -0.15) is 0 Å². The zero-order valence-corrected chi connectivity index (χ0v) is 10.6. The van der Waals surface area contributed by atoms with Crippen LogP contribution in [0.4, 0.5) is 0 Å². The first kappa shape index (κ1) is 13.0. The van der Waals surface area contributed by atoms with Gasteiger partial charge in [0.2, 0.25) is 5.16 Å². The van der Waals surface area contributed by atoms with Gasteiger partial charge >= 0.3 is 5.97 Å². The Hall–Kier alpha value is -1.04. The lowest BCUT2D eigenvalue weighted by atomic mass is 9.88. The summed E-state index contributed by atoms with van der Waals surface area (Å²) in [5.74, 6) is 0.896. The average Bonchev–Trinajstić information content (AvgIpc) is 2.59. The molecule has 16 heavy (non-hydrogen) atoms. The number of carboxylic acid groups (broad SMARTS) is 1. The van der Waals surface area contributed by atoms with Crippen molar-refractivity contribution in [3.63, 3.8) is 0 Å². The SMILES string of the molecule is Cc1nc(SCCCC(C)(C)C(=O)O)n[nH]1. The molecule has 0 amide bonds. The lowest BCUT2D eigenvalue weighted by Crippen LogP contribution is -2.23. The number of aryl methyl sites for hydroxylation is 1. The molecule has 6 heteroatoms. The monoisotopic (exact) mass is 243 g/mol. The van der Waals surface area contributed by atoms with Gasteiger partial charge in [-0.05, 0) is 33.6 Å². The number of aliphatic carboxylic acids is 1. The van der Waals surface area contributed by atoms with Crippen LogP contribution in [-0.2, 0) is 4.79 Å². The van der Waals surface area contributed by atoms with Crippen LogP contribution in [0.5, 0.6) is 0 Å². The van der Waals surface area contributed by atoms with Crippen molar-refractivity contribution < 1.29 is 9.90 Å². The molecule has 1 aromatic rings. The van der Waals surface area contributed by atoms with Gasteiger partial charge in [0.25, 0.3) is 0 Å². The van der Waals surface area contributed by atoms with Crippen LogP contribution >= 0.6 is 11.8 Å². The molecule has 5 nitrogen and oxygen atoms in total. The Morgan fingerprint density at radius 3 is 2.75 bits per heavy atom. The van der Waals surface area contributed by atoms with Gasteiger partial charge in [-0.15, -0.1) is 5.10 Å². The number of hydrogen-bond acceptors (Lipinski definition) is 4. The number of carbonyl (C=O) groups is 1. The van der Waals surface area contributed by atoms with E-state index in [1.165, 1.54) is 0 Å². The van der Waals surface area contributed by atoms with Crippen LogP contribution in [0.15, 0.2) is 5.16 Å². The van der Waals surface area contributed by atoms with Crippen LogP contribution in [0.1, 0.15) is 32.5 Å². The first-order valence-electron chi connectivity index (χ1n) is 5.17. The van der Waals surface area contributed by atoms with Crippen molar-refractivity contribution in [3.05, 3.63) is 5.82 Å². The summed E-state index contributed by atoms with van der Waals surface area (Å²) < 4.78 is 0. The molecule has 0 radical (unpaired) electrons. The van der Waals surface area contributed by atoms with E-state index in [1.54, 1.807) is 25.6 Å². The molecule has 0 saturated heterocycles. The maximum Gasteiger partial charge on any atom is 0.309 e. The van der Waals surface area contributed by atoms with E-state index in [1.807, 2.05) is 6.92 Å². The van der Waals surface area contributed by atoms with E-state index >= 15 is 0 Å². The van der Waals surface area contributed by atoms with Crippen molar-refractivity contribution in [3.8, 4) is 0 Å². The van der Waals surface area contributed by atoms with Crippen molar-refractivity contribution in [2.24, 2.45) is 5.41 Å². The Morgan fingerprint density at radius 2 is 2.25 bits per heavy atom. The fourth-order valence-corrected chi connectivity index (χ4v) is 1.95. The second-order valence-electron chi connectivity index (χ2n) is 4.34. The number of nitrogens with zero attached hydrogens (tertiary/aromatic N) is 2. The molecule has 0 saturated carbocycles. The zero-order chi connectivity index (χ0) is 12.2. The Labute approximate surface area is 99.0 Å². The van der Waals surface area contributed by atoms with E-state index in [2.05, 4.69) is 15.2 Å². The Balaban J connectivity index is 2.24. The molecule has 1 heterocycles. The summed E-state index contributed by atoms with van der Waals surface area (Å²) in [5.41, 5.74) is -0.643. The van der Waals surface area contributed by atoms with E-state index in [-0.39, 0.29) is 0 Å². The van der Waals surface area contributed by atoms with E-state index < -0.39 is 11.4 Å².